The summed E-state index contributed by atoms with van der Waals surface area (Å²) in [7, 11) is 1.56. The summed E-state index contributed by atoms with van der Waals surface area (Å²) in [5.41, 5.74) is 3.24. The number of aliphatic hydroxyl groups excluding tert-OH is 1. The second kappa shape index (κ2) is 8.03. The lowest BCUT2D eigenvalue weighted by molar-refractivity contribution is -0.130. The highest BCUT2D eigenvalue weighted by atomic mass is 19.1. The minimum absolute atomic E-state index is 0.168. The van der Waals surface area contributed by atoms with Gasteiger partial charge in [-0.3, -0.25) is 4.79 Å². The van der Waals surface area contributed by atoms with Crippen molar-refractivity contribution in [2.75, 3.05) is 7.11 Å². The highest BCUT2D eigenvalue weighted by Crippen LogP contribution is 2.44. The largest absolute Gasteiger partial charge is 0.503 e. The maximum absolute atomic E-state index is 14.8. The Morgan fingerprint density at radius 1 is 1.00 bits per heavy atom. The van der Waals surface area contributed by atoms with Gasteiger partial charge in [-0.2, -0.15) is 0 Å². The third kappa shape index (κ3) is 3.43. The molecule has 0 fully saturated rings. The fraction of sp³-hybridized carbons (Fsp3) is 0.160. The van der Waals surface area contributed by atoms with Crippen molar-refractivity contribution in [2.45, 2.75) is 19.5 Å². The van der Waals surface area contributed by atoms with E-state index >= 15 is 0 Å². The maximum atomic E-state index is 14.8. The Morgan fingerprint density at radius 2 is 1.67 bits per heavy atom. The summed E-state index contributed by atoms with van der Waals surface area (Å²) in [4.78, 5) is 14.6. The zero-order chi connectivity index (χ0) is 21.3. The Bertz CT molecular complexity index is 1120. The van der Waals surface area contributed by atoms with Crippen LogP contribution in [-0.2, 0) is 11.3 Å². The van der Waals surface area contributed by atoms with Crippen LogP contribution in [0.1, 0.15) is 28.3 Å². The molecule has 1 amide bonds. The molecule has 4 rings (SSSR count). The van der Waals surface area contributed by atoms with E-state index in [0.29, 0.717) is 22.4 Å². The van der Waals surface area contributed by atoms with Gasteiger partial charge in [0.2, 0.25) is 0 Å². The number of ether oxygens (including phenoxy) is 1. The van der Waals surface area contributed by atoms with E-state index in [2.05, 4.69) is 0 Å². The van der Waals surface area contributed by atoms with Crippen LogP contribution in [0.5, 0.6) is 5.75 Å². The average Bonchev–Trinajstić information content (AvgIpc) is 3.00. The fourth-order valence-electron chi connectivity index (χ4n) is 3.88. The predicted octanol–water partition coefficient (Wildman–Crippen LogP) is 5.20. The van der Waals surface area contributed by atoms with Crippen LogP contribution in [0.2, 0.25) is 0 Å². The Labute approximate surface area is 174 Å². The first kappa shape index (κ1) is 19.7. The van der Waals surface area contributed by atoms with E-state index in [9.17, 15) is 14.3 Å². The lowest BCUT2D eigenvalue weighted by Crippen LogP contribution is -2.30. The molecule has 1 heterocycles. The molecular formula is C25H22FNO3. The molecule has 1 atom stereocenters. The molecule has 152 valence electrons. The molecule has 0 saturated heterocycles. The van der Waals surface area contributed by atoms with Gasteiger partial charge in [-0.15, -0.1) is 0 Å². The third-order valence-electron chi connectivity index (χ3n) is 5.40. The SMILES string of the molecule is COc1ccccc1CN1C(=O)C(O)=C(c2ccc(C)cc2)[C@@H]1c1ccccc1F. The average molecular weight is 403 g/mol. The molecule has 0 spiro atoms. The topological polar surface area (TPSA) is 49.8 Å². The van der Waals surface area contributed by atoms with Crippen LogP contribution in [0.3, 0.4) is 0 Å². The van der Waals surface area contributed by atoms with Gasteiger partial charge in [-0.1, -0.05) is 66.2 Å². The normalized spacial score (nSPS) is 16.3. The smallest absolute Gasteiger partial charge is 0.290 e. The van der Waals surface area contributed by atoms with Crippen LogP contribution in [0.25, 0.3) is 5.57 Å². The molecule has 3 aromatic carbocycles. The fourth-order valence-corrected chi connectivity index (χ4v) is 3.88. The van der Waals surface area contributed by atoms with Crippen LogP contribution >= 0.6 is 0 Å². The number of methoxy groups -OCH3 is 1. The van der Waals surface area contributed by atoms with Crippen molar-refractivity contribution in [2.24, 2.45) is 0 Å². The van der Waals surface area contributed by atoms with Crippen LogP contribution in [0.4, 0.5) is 4.39 Å². The zero-order valence-corrected chi connectivity index (χ0v) is 16.8. The maximum Gasteiger partial charge on any atom is 0.290 e. The van der Waals surface area contributed by atoms with Crippen molar-refractivity contribution in [3.63, 3.8) is 0 Å². The number of carbonyl (C=O) groups excluding carboxylic acids is 1. The Balaban J connectivity index is 1.85. The van der Waals surface area contributed by atoms with E-state index in [4.69, 9.17) is 4.74 Å². The molecule has 0 aromatic heterocycles. The Kier molecular flexibility index (Phi) is 5.27. The van der Waals surface area contributed by atoms with Crippen molar-refractivity contribution in [1.29, 1.82) is 0 Å². The van der Waals surface area contributed by atoms with Crippen molar-refractivity contribution in [3.8, 4) is 5.75 Å². The molecule has 1 aliphatic rings. The molecule has 1 aliphatic heterocycles. The number of para-hydroxylation sites is 1. The number of amides is 1. The molecule has 0 aliphatic carbocycles. The minimum atomic E-state index is -0.758. The molecule has 0 bridgehead atoms. The second-order valence-corrected chi connectivity index (χ2v) is 7.30. The van der Waals surface area contributed by atoms with Gasteiger partial charge in [0.15, 0.2) is 5.76 Å². The molecule has 1 N–H and O–H groups in total. The van der Waals surface area contributed by atoms with Crippen LogP contribution in [-0.4, -0.2) is 23.0 Å². The van der Waals surface area contributed by atoms with Gasteiger partial charge >= 0.3 is 0 Å². The number of aliphatic hydroxyl groups is 1. The number of nitrogens with zero attached hydrogens (tertiary/aromatic N) is 1. The monoisotopic (exact) mass is 403 g/mol. The third-order valence-corrected chi connectivity index (χ3v) is 5.40. The number of rotatable bonds is 5. The van der Waals surface area contributed by atoms with Gasteiger partial charge in [-0.25, -0.2) is 4.39 Å². The molecule has 0 radical (unpaired) electrons. The van der Waals surface area contributed by atoms with E-state index < -0.39 is 17.8 Å². The molecule has 5 heteroatoms. The molecule has 0 saturated carbocycles. The van der Waals surface area contributed by atoms with Crippen LogP contribution in [0, 0.1) is 12.7 Å². The van der Waals surface area contributed by atoms with Crippen LogP contribution in [0.15, 0.2) is 78.6 Å². The van der Waals surface area contributed by atoms with Crippen molar-refractivity contribution < 1.29 is 19.0 Å². The molecular weight excluding hydrogens is 381 g/mol. The first-order valence-corrected chi connectivity index (χ1v) is 9.68. The Morgan fingerprint density at radius 3 is 2.37 bits per heavy atom. The standard InChI is InChI=1S/C25H22FNO3/c1-16-11-13-17(14-12-16)22-23(19-8-4-5-9-20(19)26)27(25(29)24(22)28)15-18-7-3-6-10-21(18)30-2/h3-14,23,28H,15H2,1-2H3/t23-/m0/s1. The van der Waals surface area contributed by atoms with Crippen LogP contribution < -0.4 is 4.74 Å². The molecule has 4 nitrogen and oxygen atoms in total. The molecule has 3 aromatic rings. The van der Waals surface area contributed by atoms with Gasteiger partial charge < -0.3 is 14.7 Å². The van der Waals surface area contributed by atoms with Gasteiger partial charge in [0.05, 0.1) is 19.7 Å². The lowest BCUT2D eigenvalue weighted by Gasteiger charge is -2.28. The quantitative estimate of drug-likeness (QED) is 0.637. The van der Waals surface area contributed by atoms with Gasteiger partial charge in [0.25, 0.3) is 5.91 Å². The summed E-state index contributed by atoms with van der Waals surface area (Å²) in [6, 6.07) is 20.4. The van der Waals surface area contributed by atoms with Crippen molar-refractivity contribution >= 4 is 11.5 Å². The summed E-state index contributed by atoms with van der Waals surface area (Å²) >= 11 is 0. The molecule has 0 unspecified atom stereocenters. The summed E-state index contributed by atoms with van der Waals surface area (Å²) < 4.78 is 20.3. The summed E-state index contributed by atoms with van der Waals surface area (Å²) in [6.45, 7) is 2.13. The Hall–Kier alpha value is -3.60. The second-order valence-electron chi connectivity index (χ2n) is 7.30. The van der Waals surface area contributed by atoms with E-state index in [1.165, 1.54) is 11.0 Å². The minimum Gasteiger partial charge on any atom is -0.503 e. The number of hydrogen-bond donors (Lipinski definition) is 1. The van der Waals surface area contributed by atoms with Crippen molar-refractivity contribution in [3.05, 3.63) is 107 Å². The lowest BCUT2D eigenvalue weighted by atomic mass is 9.92. The zero-order valence-electron chi connectivity index (χ0n) is 16.8. The van der Waals surface area contributed by atoms with E-state index in [1.807, 2.05) is 55.5 Å². The predicted molar refractivity (Wildman–Crippen MR) is 113 cm³/mol. The van der Waals surface area contributed by atoms with E-state index in [-0.39, 0.29) is 12.3 Å². The van der Waals surface area contributed by atoms with Crippen molar-refractivity contribution in [1.82, 2.24) is 4.90 Å². The number of aryl methyl sites for hydroxylation is 1. The highest BCUT2D eigenvalue weighted by molar-refractivity contribution is 6.05. The number of hydrogen-bond acceptors (Lipinski definition) is 3. The van der Waals surface area contributed by atoms with Gasteiger partial charge in [0, 0.05) is 16.7 Å². The first-order valence-electron chi connectivity index (χ1n) is 9.68. The summed E-state index contributed by atoms with van der Waals surface area (Å²) in [5, 5.41) is 10.8. The highest BCUT2D eigenvalue weighted by Gasteiger charge is 2.42. The van der Waals surface area contributed by atoms with Gasteiger partial charge in [-0.05, 0) is 24.6 Å². The number of carbonyl (C=O) groups is 1. The number of halogens is 1. The summed E-state index contributed by atoms with van der Waals surface area (Å²) in [6.07, 6.45) is 0. The number of benzene rings is 3. The van der Waals surface area contributed by atoms with E-state index in [0.717, 1.165) is 11.1 Å². The molecule has 30 heavy (non-hydrogen) atoms. The summed E-state index contributed by atoms with van der Waals surface area (Å²) in [5.74, 6) is -0.702. The van der Waals surface area contributed by atoms with Gasteiger partial charge in [0.1, 0.15) is 11.6 Å². The first-order chi connectivity index (χ1) is 14.5. The van der Waals surface area contributed by atoms with E-state index in [1.54, 1.807) is 25.3 Å².